The molecule has 0 radical (unpaired) electrons. The predicted octanol–water partition coefficient (Wildman–Crippen LogP) is 4.22. The summed E-state index contributed by atoms with van der Waals surface area (Å²) in [6.07, 6.45) is 3.83. The molecule has 0 aliphatic carbocycles. The Morgan fingerprint density at radius 2 is 1.97 bits per heavy atom. The van der Waals surface area contributed by atoms with Crippen molar-refractivity contribution in [2.24, 2.45) is 0 Å². The van der Waals surface area contributed by atoms with Crippen LogP contribution in [0.25, 0.3) is 5.52 Å². The van der Waals surface area contributed by atoms with E-state index in [4.69, 9.17) is 23.2 Å². The van der Waals surface area contributed by atoms with Gasteiger partial charge in [0.1, 0.15) is 16.5 Å². The van der Waals surface area contributed by atoms with Crippen molar-refractivity contribution >= 4 is 34.6 Å². The highest BCUT2D eigenvalue weighted by molar-refractivity contribution is 6.42. The zero-order chi connectivity index (χ0) is 22.8. The second-order valence-electron chi connectivity index (χ2n) is 8.09. The molecule has 0 saturated carbocycles. The van der Waals surface area contributed by atoms with E-state index < -0.39 is 5.82 Å². The van der Waals surface area contributed by atoms with E-state index in [-0.39, 0.29) is 27.2 Å². The number of carbonyl (C=O) groups is 1. The van der Waals surface area contributed by atoms with Crippen molar-refractivity contribution < 1.29 is 9.18 Å². The number of nitrogens with zero attached hydrogens (tertiary/aromatic N) is 3. The summed E-state index contributed by atoms with van der Waals surface area (Å²) in [6.45, 7) is 6.08. The van der Waals surface area contributed by atoms with Crippen LogP contribution in [-0.4, -0.2) is 57.8 Å². The third kappa shape index (κ3) is 4.56. The molecule has 2 aromatic heterocycles. The van der Waals surface area contributed by atoms with Crippen LogP contribution >= 0.6 is 23.2 Å². The van der Waals surface area contributed by atoms with Gasteiger partial charge < -0.3 is 14.8 Å². The number of fused-ring (bicyclic) bond motifs is 1. The number of benzene rings is 1. The zero-order valence-corrected chi connectivity index (χ0v) is 19.3. The first-order chi connectivity index (χ1) is 15.4. The second-order valence-corrected chi connectivity index (χ2v) is 8.86. The molecule has 32 heavy (non-hydrogen) atoms. The molecule has 1 saturated heterocycles. The molecule has 6 nitrogen and oxygen atoms in total. The van der Waals surface area contributed by atoms with E-state index in [0.717, 1.165) is 38.0 Å². The molecule has 1 amide bonds. The zero-order valence-electron chi connectivity index (χ0n) is 17.8. The lowest BCUT2D eigenvalue weighted by molar-refractivity contribution is 0.0756. The van der Waals surface area contributed by atoms with Crippen molar-refractivity contribution in [3.05, 3.63) is 73.6 Å². The number of hydrogen-bond donors (Lipinski definition) is 1. The minimum Gasteiger partial charge on any atom is -0.337 e. The molecule has 1 N–H and O–H groups in total. The van der Waals surface area contributed by atoms with Crippen molar-refractivity contribution in [2.45, 2.75) is 26.2 Å². The molecular weight excluding hydrogens is 454 g/mol. The van der Waals surface area contributed by atoms with Gasteiger partial charge in [-0.25, -0.2) is 4.39 Å². The summed E-state index contributed by atoms with van der Waals surface area (Å²) in [5.41, 5.74) is 1.48. The van der Waals surface area contributed by atoms with Crippen LogP contribution in [0.5, 0.6) is 0 Å². The molecule has 0 spiro atoms. The van der Waals surface area contributed by atoms with E-state index in [2.05, 4.69) is 16.8 Å². The monoisotopic (exact) mass is 478 g/mol. The van der Waals surface area contributed by atoms with Gasteiger partial charge in [-0.05, 0) is 49.7 Å². The molecule has 0 unspecified atom stereocenters. The van der Waals surface area contributed by atoms with Crippen molar-refractivity contribution in [1.29, 1.82) is 0 Å². The number of nitrogens with one attached hydrogen (secondary N) is 1. The summed E-state index contributed by atoms with van der Waals surface area (Å²) >= 11 is 12.4. The standard InChI is InChI=1S/C23H25Cl2FN4O2/c1-2-6-28-7-3-8-29(10-9-28)23(32)17-12-15(4-5-19(17)26)11-16-14-27-22(31)20-13-18(24)21(25)30(16)20/h4-5,12-14H,2-3,6-11H2,1H3,(H,27,31). The molecule has 0 atom stereocenters. The summed E-state index contributed by atoms with van der Waals surface area (Å²) in [5, 5.41) is 0.514. The molecule has 1 aliphatic heterocycles. The van der Waals surface area contributed by atoms with Crippen LogP contribution in [0.1, 0.15) is 41.4 Å². The fraction of sp³-hybridized carbons (Fsp3) is 0.391. The fourth-order valence-corrected chi connectivity index (χ4v) is 4.70. The Morgan fingerprint density at radius 1 is 1.16 bits per heavy atom. The van der Waals surface area contributed by atoms with E-state index in [1.54, 1.807) is 27.6 Å². The average Bonchev–Trinajstić information content (AvgIpc) is 2.94. The number of hydrogen-bond acceptors (Lipinski definition) is 3. The van der Waals surface area contributed by atoms with Crippen molar-refractivity contribution in [3.63, 3.8) is 0 Å². The van der Waals surface area contributed by atoms with E-state index in [1.807, 2.05) is 0 Å². The quantitative estimate of drug-likeness (QED) is 0.596. The number of amides is 1. The highest BCUT2D eigenvalue weighted by Crippen LogP contribution is 2.27. The SMILES string of the molecule is CCCN1CCCN(C(=O)c2cc(Cc3c[nH]c(=O)c4cc(Cl)c(Cl)n34)ccc2F)CC1. The molecule has 1 aliphatic rings. The Balaban J connectivity index is 1.60. The normalized spacial score (nSPS) is 15.3. The predicted molar refractivity (Wildman–Crippen MR) is 124 cm³/mol. The highest BCUT2D eigenvalue weighted by Gasteiger charge is 2.23. The summed E-state index contributed by atoms with van der Waals surface area (Å²) in [5.74, 6) is -0.835. The number of H-pyrrole nitrogens is 1. The van der Waals surface area contributed by atoms with Crippen molar-refractivity contribution in [2.75, 3.05) is 32.7 Å². The summed E-state index contributed by atoms with van der Waals surface area (Å²) in [4.78, 5) is 32.0. The fourth-order valence-electron chi connectivity index (χ4n) is 4.26. The van der Waals surface area contributed by atoms with Crippen LogP contribution in [-0.2, 0) is 6.42 Å². The van der Waals surface area contributed by atoms with Gasteiger partial charge in [-0.2, -0.15) is 0 Å². The largest absolute Gasteiger partial charge is 0.337 e. The van der Waals surface area contributed by atoms with E-state index >= 15 is 0 Å². The molecule has 1 fully saturated rings. The maximum atomic E-state index is 14.6. The number of aromatic amines is 1. The van der Waals surface area contributed by atoms with Gasteiger partial charge in [0.25, 0.3) is 11.5 Å². The third-order valence-electron chi connectivity index (χ3n) is 5.85. The van der Waals surface area contributed by atoms with Gasteiger partial charge in [-0.3, -0.25) is 14.0 Å². The Hall–Kier alpha value is -2.35. The number of carbonyl (C=O) groups excluding carboxylic acids is 1. The first kappa shape index (κ1) is 22.8. The Bertz CT molecular complexity index is 1210. The topological polar surface area (TPSA) is 60.8 Å². The first-order valence-corrected chi connectivity index (χ1v) is 11.5. The lowest BCUT2D eigenvalue weighted by atomic mass is 10.0. The highest BCUT2D eigenvalue weighted by atomic mass is 35.5. The Morgan fingerprint density at radius 3 is 2.75 bits per heavy atom. The molecular formula is C23H25Cl2FN4O2. The van der Waals surface area contributed by atoms with Crippen LogP contribution in [0, 0.1) is 5.82 Å². The van der Waals surface area contributed by atoms with Crippen LogP contribution < -0.4 is 5.56 Å². The van der Waals surface area contributed by atoms with Crippen LogP contribution in [0.3, 0.4) is 0 Å². The maximum absolute atomic E-state index is 14.6. The van der Waals surface area contributed by atoms with Crippen molar-refractivity contribution in [3.8, 4) is 0 Å². The number of rotatable bonds is 5. The molecule has 170 valence electrons. The molecule has 4 rings (SSSR count). The molecule has 9 heteroatoms. The third-order valence-corrected chi connectivity index (χ3v) is 6.61. The average molecular weight is 479 g/mol. The Labute approximate surface area is 195 Å². The molecule has 0 bridgehead atoms. The van der Waals surface area contributed by atoms with E-state index in [0.29, 0.717) is 30.7 Å². The van der Waals surface area contributed by atoms with Gasteiger partial charge in [0, 0.05) is 37.9 Å². The van der Waals surface area contributed by atoms with Gasteiger partial charge >= 0.3 is 0 Å². The van der Waals surface area contributed by atoms with E-state index in [1.165, 1.54) is 12.1 Å². The Kier molecular flexibility index (Phi) is 6.88. The van der Waals surface area contributed by atoms with Gasteiger partial charge in [-0.1, -0.05) is 36.2 Å². The molecule has 3 aromatic rings. The maximum Gasteiger partial charge on any atom is 0.272 e. The number of halogens is 3. The van der Waals surface area contributed by atoms with Crippen LogP contribution in [0.15, 0.2) is 35.3 Å². The van der Waals surface area contributed by atoms with Crippen LogP contribution in [0.4, 0.5) is 4.39 Å². The van der Waals surface area contributed by atoms with Crippen LogP contribution in [0.2, 0.25) is 10.2 Å². The smallest absolute Gasteiger partial charge is 0.272 e. The minimum absolute atomic E-state index is 0.0590. The lowest BCUT2D eigenvalue weighted by Gasteiger charge is -2.22. The molecule has 1 aromatic carbocycles. The van der Waals surface area contributed by atoms with Gasteiger partial charge in [-0.15, -0.1) is 0 Å². The summed E-state index contributed by atoms with van der Waals surface area (Å²) in [7, 11) is 0. The van der Waals surface area contributed by atoms with Gasteiger partial charge in [0.2, 0.25) is 0 Å². The minimum atomic E-state index is -0.540. The summed E-state index contributed by atoms with van der Waals surface area (Å²) in [6, 6.07) is 6.04. The summed E-state index contributed by atoms with van der Waals surface area (Å²) < 4.78 is 16.2. The van der Waals surface area contributed by atoms with Gasteiger partial charge in [0.05, 0.1) is 10.6 Å². The van der Waals surface area contributed by atoms with E-state index in [9.17, 15) is 14.0 Å². The lowest BCUT2D eigenvalue weighted by Crippen LogP contribution is -2.35. The van der Waals surface area contributed by atoms with Crippen molar-refractivity contribution in [1.82, 2.24) is 19.2 Å². The molecule has 3 heterocycles. The van der Waals surface area contributed by atoms with Gasteiger partial charge in [0.15, 0.2) is 0 Å². The number of aromatic nitrogens is 2. The first-order valence-electron chi connectivity index (χ1n) is 10.8. The second kappa shape index (κ2) is 9.65.